The Hall–Kier alpha value is -2.07. The number of nitrogens with zero attached hydrogens (tertiary/aromatic N) is 1. The molecule has 2 unspecified atom stereocenters. The summed E-state index contributed by atoms with van der Waals surface area (Å²) >= 11 is 0. The van der Waals surface area contributed by atoms with E-state index in [4.69, 9.17) is 18.5 Å². The van der Waals surface area contributed by atoms with Crippen LogP contribution in [0.15, 0.2) is 48.6 Å². The molecule has 0 aromatic heterocycles. The predicted molar refractivity (Wildman–Crippen MR) is 219 cm³/mol. The predicted octanol–water partition coefficient (Wildman–Crippen LogP) is 9.86. The minimum absolute atomic E-state index is 0.0460. The summed E-state index contributed by atoms with van der Waals surface area (Å²) < 4.78 is 33.7. The van der Waals surface area contributed by atoms with Crippen LogP contribution >= 0.6 is 7.82 Å². The van der Waals surface area contributed by atoms with Crippen LogP contribution in [-0.4, -0.2) is 81.2 Å². The summed E-state index contributed by atoms with van der Waals surface area (Å²) in [6.07, 6.45) is 36.3. The van der Waals surface area contributed by atoms with Gasteiger partial charge in [0.2, 0.25) is 0 Å². The van der Waals surface area contributed by atoms with Crippen molar-refractivity contribution >= 4 is 19.8 Å². The second-order valence-corrected chi connectivity index (χ2v) is 16.6. The van der Waals surface area contributed by atoms with Gasteiger partial charge in [-0.3, -0.25) is 14.2 Å². The Morgan fingerprint density at radius 1 is 0.667 bits per heavy atom. The minimum atomic E-state index is -4.64. The first-order valence-corrected chi connectivity index (χ1v) is 22.4. The number of carbonyl (C=O) groups excluding carboxylic acids is 2. The van der Waals surface area contributed by atoms with E-state index in [9.17, 15) is 24.2 Å². The molecule has 0 aliphatic heterocycles. The van der Waals surface area contributed by atoms with E-state index in [-0.39, 0.29) is 32.2 Å². The van der Waals surface area contributed by atoms with Crippen LogP contribution in [0.25, 0.3) is 0 Å². The number of hydrogen-bond acceptors (Lipinski definition) is 9. The normalized spacial score (nSPS) is 14.7. The molecule has 0 bridgehead atoms. The molecule has 0 amide bonds. The molecular weight excluding hydrogens is 705 g/mol. The number of hydrogen-bond donors (Lipinski definition) is 1. The smallest absolute Gasteiger partial charge is 0.306 e. The maximum Gasteiger partial charge on any atom is 0.306 e. The molecule has 3 atom stereocenters. The molecule has 54 heavy (non-hydrogen) atoms. The zero-order valence-electron chi connectivity index (χ0n) is 34.8. The molecule has 0 heterocycles. The number of unbranched alkanes of at least 4 members (excludes halogenated alkanes) is 12. The Morgan fingerprint density at radius 2 is 1.19 bits per heavy atom. The van der Waals surface area contributed by atoms with Crippen LogP contribution < -0.4 is 4.89 Å². The number of rotatable bonds is 37. The van der Waals surface area contributed by atoms with Gasteiger partial charge in [0.1, 0.15) is 19.8 Å². The van der Waals surface area contributed by atoms with Gasteiger partial charge in [0, 0.05) is 12.8 Å². The molecule has 0 rings (SSSR count). The molecular formula is C43H78NO9P. The fraction of sp³-hybridized carbons (Fsp3) is 0.767. The van der Waals surface area contributed by atoms with E-state index in [2.05, 4.69) is 50.3 Å². The summed E-state index contributed by atoms with van der Waals surface area (Å²) in [5.74, 6) is -0.922. The van der Waals surface area contributed by atoms with Crippen LogP contribution in [0.1, 0.15) is 155 Å². The van der Waals surface area contributed by atoms with Crippen molar-refractivity contribution in [3.63, 3.8) is 0 Å². The number of carbonyl (C=O) groups is 2. The van der Waals surface area contributed by atoms with Crippen LogP contribution in [0.5, 0.6) is 0 Å². The number of quaternary nitrogens is 1. The van der Waals surface area contributed by atoms with E-state index in [0.717, 1.165) is 51.4 Å². The molecule has 0 radical (unpaired) electrons. The summed E-state index contributed by atoms with van der Waals surface area (Å²) in [5.41, 5.74) is 0. The van der Waals surface area contributed by atoms with E-state index >= 15 is 0 Å². The number of allylic oxidation sites excluding steroid dienone is 7. The summed E-state index contributed by atoms with van der Waals surface area (Å²) in [7, 11) is 1.11. The van der Waals surface area contributed by atoms with Gasteiger partial charge < -0.3 is 33.0 Å². The quantitative estimate of drug-likeness (QED) is 0.0215. The van der Waals surface area contributed by atoms with Crippen molar-refractivity contribution in [2.75, 3.05) is 47.5 Å². The van der Waals surface area contributed by atoms with E-state index in [1.165, 1.54) is 51.4 Å². The average molecular weight is 784 g/mol. The number of ether oxygens (including phenoxy) is 2. The Morgan fingerprint density at radius 3 is 1.74 bits per heavy atom. The lowest BCUT2D eigenvalue weighted by Crippen LogP contribution is -2.37. The van der Waals surface area contributed by atoms with E-state index in [1.807, 2.05) is 33.3 Å². The molecule has 314 valence electrons. The van der Waals surface area contributed by atoms with Gasteiger partial charge in [-0.15, -0.1) is 0 Å². The lowest BCUT2D eigenvalue weighted by atomic mass is 10.0. The molecule has 0 aromatic rings. The Labute approximate surface area is 329 Å². The van der Waals surface area contributed by atoms with Gasteiger partial charge in [0.05, 0.1) is 33.9 Å². The van der Waals surface area contributed by atoms with Gasteiger partial charge in [0.25, 0.3) is 7.82 Å². The Bertz CT molecular complexity index is 1080. The molecule has 10 nitrogen and oxygen atoms in total. The summed E-state index contributed by atoms with van der Waals surface area (Å²) in [4.78, 5) is 37.4. The summed E-state index contributed by atoms with van der Waals surface area (Å²) in [6, 6.07) is 0. The molecule has 0 saturated heterocycles. The van der Waals surface area contributed by atoms with Gasteiger partial charge in [0.15, 0.2) is 6.10 Å². The van der Waals surface area contributed by atoms with Crippen LogP contribution in [0.4, 0.5) is 0 Å². The standard InChI is InChI=1S/C43H78NO9P/c1-6-8-9-10-11-12-13-18-22-25-28-31-35-43(47)53-41(39-52-54(48,49)51-37-36-44(3,4)5)38-50-42(46)34-30-27-24-21-19-16-14-15-17-20-23-26-29-33-40(45)32-7-2/h14,16-17,20-21,24,26,29,40-41,45H,6-13,15,18-19,22-23,25,27-28,30-39H2,1-5H3/b16-14-,20-17-,24-21-,29-26-/t40?,41-/m1/s1. The maximum atomic E-state index is 12.6. The van der Waals surface area contributed by atoms with Crippen LogP contribution in [0.3, 0.4) is 0 Å². The van der Waals surface area contributed by atoms with Crippen LogP contribution in [0.2, 0.25) is 0 Å². The lowest BCUT2D eigenvalue weighted by molar-refractivity contribution is -0.870. The second-order valence-electron chi connectivity index (χ2n) is 15.2. The molecule has 1 N–H and O–H groups in total. The number of phosphoric ester groups is 1. The van der Waals surface area contributed by atoms with Gasteiger partial charge in [-0.05, 0) is 51.4 Å². The zero-order chi connectivity index (χ0) is 40.2. The number of esters is 2. The summed E-state index contributed by atoms with van der Waals surface area (Å²) in [5, 5.41) is 9.72. The van der Waals surface area contributed by atoms with Crippen molar-refractivity contribution in [3.8, 4) is 0 Å². The molecule has 11 heteroatoms. The topological polar surface area (TPSA) is 131 Å². The lowest BCUT2D eigenvalue weighted by Gasteiger charge is -2.28. The van der Waals surface area contributed by atoms with Crippen molar-refractivity contribution in [1.29, 1.82) is 0 Å². The number of phosphoric acid groups is 1. The Balaban J connectivity index is 4.49. The number of likely N-dealkylation sites (N-methyl/N-ethyl adjacent to an activating group) is 1. The van der Waals surface area contributed by atoms with Crippen molar-refractivity contribution in [2.24, 2.45) is 0 Å². The average Bonchev–Trinajstić information content (AvgIpc) is 3.11. The third-order valence-electron chi connectivity index (χ3n) is 8.66. The van der Waals surface area contributed by atoms with E-state index in [0.29, 0.717) is 36.7 Å². The fourth-order valence-electron chi connectivity index (χ4n) is 5.37. The summed E-state index contributed by atoms with van der Waals surface area (Å²) in [6.45, 7) is 3.93. The van der Waals surface area contributed by atoms with Gasteiger partial charge in [-0.2, -0.15) is 0 Å². The first kappa shape index (κ1) is 51.9. The zero-order valence-corrected chi connectivity index (χ0v) is 35.7. The van der Waals surface area contributed by atoms with Crippen molar-refractivity contribution in [3.05, 3.63) is 48.6 Å². The molecule has 0 aliphatic rings. The third-order valence-corrected chi connectivity index (χ3v) is 9.62. The highest BCUT2D eigenvalue weighted by Gasteiger charge is 2.21. The maximum absolute atomic E-state index is 12.6. The molecule has 0 spiro atoms. The molecule has 0 aliphatic carbocycles. The monoisotopic (exact) mass is 784 g/mol. The molecule has 0 saturated carbocycles. The Kier molecular flexibility index (Phi) is 34.0. The number of aliphatic hydroxyl groups excluding tert-OH is 1. The van der Waals surface area contributed by atoms with Gasteiger partial charge in [-0.25, -0.2) is 0 Å². The first-order chi connectivity index (χ1) is 25.9. The highest BCUT2D eigenvalue weighted by Crippen LogP contribution is 2.38. The second kappa shape index (κ2) is 35.4. The highest BCUT2D eigenvalue weighted by molar-refractivity contribution is 7.45. The highest BCUT2D eigenvalue weighted by atomic mass is 31.2. The van der Waals surface area contributed by atoms with E-state index in [1.54, 1.807) is 0 Å². The van der Waals surface area contributed by atoms with Crippen molar-refractivity contribution in [1.82, 2.24) is 0 Å². The van der Waals surface area contributed by atoms with E-state index < -0.39 is 32.5 Å². The third kappa shape index (κ3) is 38.2. The van der Waals surface area contributed by atoms with Crippen LogP contribution in [0, 0.1) is 0 Å². The van der Waals surface area contributed by atoms with Crippen LogP contribution in [-0.2, 0) is 32.7 Å². The van der Waals surface area contributed by atoms with Gasteiger partial charge >= 0.3 is 11.9 Å². The number of aliphatic hydroxyl groups is 1. The first-order valence-electron chi connectivity index (χ1n) is 20.9. The van der Waals surface area contributed by atoms with Crippen molar-refractivity contribution < 1.29 is 47.2 Å². The van der Waals surface area contributed by atoms with Crippen molar-refractivity contribution in [2.45, 2.75) is 167 Å². The SMILES string of the molecule is CCCCCCCCCCCCCCC(=O)O[C@H](COC(=O)CCC/C=C\C/C=C\C/C=C\C/C=C\CC(O)CCC)COP(=O)([O-])OCC[N+](C)(C)C. The molecule has 0 aromatic carbocycles. The largest absolute Gasteiger partial charge is 0.756 e. The fourth-order valence-corrected chi connectivity index (χ4v) is 6.10. The molecule has 0 fully saturated rings. The van der Waals surface area contributed by atoms with Gasteiger partial charge in [-0.1, -0.05) is 140 Å². The minimum Gasteiger partial charge on any atom is -0.756 e.